The smallest absolute Gasteiger partial charge is 0.253 e. The summed E-state index contributed by atoms with van der Waals surface area (Å²) in [7, 11) is 0. The van der Waals surface area contributed by atoms with Gasteiger partial charge in [0.15, 0.2) is 5.82 Å². The van der Waals surface area contributed by atoms with Gasteiger partial charge < -0.3 is 10.1 Å². The number of aromatic nitrogens is 5. The monoisotopic (exact) mass is 458 g/mol. The minimum atomic E-state index is -0.378. The molecule has 1 saturated carbocycles. The van der Waals surface area contributed by atoms with Crippen molar-refractivity contribution in [1.82, 2.24) is 30.0 Å². The molecule has 172 valence electrons. The van der Waals surface area contributed by atoms with Crippen molar-refractivity contribution in [3.05, 3.63) is 84.3 Å². The first-order valence-electron chi connectivity index (χ1n) is 11.1. The number of pyridine rings is 2. The molecule has 1 fully saturated rings. The summed E-state index contributed by atoms with van der Waals surface area (Å²) in [6, 6.07) is 13.6. The van der Waals surface area contributed by atoms with Crippen LogP contribution in [0.5, 0.6) is 5.75 Å². The largest absolute Gasteiger partial charge is 0.492 e. The average molecular weight is 458 g/mol. The second kappa shape index (κ2) is 9.38. The van der Waals surface area contributed by atoms with Gasteiger partial charge in [-0.15, -0.1) is 10.2 Å². The summed E-state index contributed by atoms with van der Waals surface area (Å²) in [5.41, 5.74) is 1.44. The van der Waals surface area contributed by atoms with Crippen LogP contribution in [-0.2, 0) is 0 Å². The fourth-order valence-corrected chi connectivity index (χ4v) is 4.07. The highest BCUT2D eigenvalue weighted by atomic mass is 19.1. The van der Waals surface area contributed by atoms with Gasteiger partial charge in [0.05, 0.1) is 24.1 Å². The highest BCUT2D eigenvalue weighted by Crippen LogP contribution is 2.39. The lowest BCUT2D eigenvalue weighted by Gasteiger charge is -2.35. The number of nitrogens with zero attached hydrogens (tertiary/aromatic N) is 5. The van der Waals surface area contributed by atoms with E-state index in [9.17, 15) is 9.18 Å². The maximum absolute atomic E-state index is 14.8. The molecule has 5 rings (SSSR count). The Labute approximate surface area is 195 Å². The SMILES string of the molecule is CCOc1ccc(-c2nnc([C@H]3C[C@H](NC(=O)c4cccnc4)C3)n2-c2ccccc2F)nc1. The van der Waals surface area contributed by atoms with Crippen LogP contribution in [-0.4, -0.2) is 43.3 Å². The van der Waals surface area contributed by atoms with Crippen LogP contribution in [0, 0.1) is 5.82 Å². The number of halogens is 1. The van der Waals surface area contributed by atoms with Crippen LogP contribution in [0.15, 0.2) is 67.1 Å². The lowest BCUT2D eigenvalue weighted by molar-refractivity contribution is 0.0906. The minimum absolute atomic E-state index is 0.00414. The standard InChI is InChI=1S/C25H23FN6O2/c1-2-34-19-9-10-21(28-15-19)24-31-30-23(32(24)22-8-4-3-7-20(22)26)17-12-18(13-17)29-25(33)16-6-5-11-27-14-16/h3-11,14-15,17-18H,2,12-13H2,1H3,(H,29,33)/t17-,18-. The van der Waals surface area contributed by atoms with E-state index in [4.69, 9.17) is 4.74 Å². The average Bonchev–Trinajstić information content (AvgIpc) is 3.26. The number of amides is 1. The zero-order valence-electron chi connectivity index (χ0n) is 18.6. The fraction of sp³-hybridized carbons (Fsp3) is 0.240. The van der Waals surface area contributed by atoms with E-state index in [2.05, 4.69) is 25.5 Å². The topological polar surface area (TPSA) is 94.8 Å². The Bertz CT molecular complexity index is 1290. The molecule has 8 nitrogen and oxygen atoms in total. The van der Waals surface area contributed by atoms with Crippen molar-refractivity contribution in [1.29, 1.82) is 0 Å². The van der Waals surface area contributed by atoms with E-state index in [1.807, 2.05) is 6.92 Å². The van der Waals surface area contributed by atoms with Crippen molar-refractivity contribution in [2.45, 2.75) is 31.7 Å². The Morgan fingerprint density at radius 1 is 1.12 bits per heavy atom. The number of para-hydroxylation sites is 1. The van der Waals surface area contributed by atoms with Gasteiger partial charge in [0.1, 0.15) is 23.1 Å². The summed E-state index contributed by atoms with van der Waals surface area (Å²) in [6.45, 7) is 2.44. The van der Waals surface area contributed by atoms with Gasteiger partial charge in [-0.3, -0.25) is 14.3 Å². The lowest BCUT2D eigenvalue weighted by Crippen LogP contribution is -2.44. The summed E-state index contributed by atoms with van der Waals surface area (Å²) in [5.74, 6) is 1.22. The Hall–Kier alpha value is -4.14. The number of carbonyl (C=O) groups excluding carboxylic acids is 1. The van der Waals surface area contributed by atoms with Crippen LogP contribution in [0.2, 0.25) is 0 Å². The molecule has 3 heterocycles. The van der Waals surface area contributed by atoms with Gasteiger partial charge in [0.2, 0.25) is 0 Å². The van der Waals surface area contributed by atoms with Gasteiger partial charge in [0.25, 0.3) is 5.91 Å². The summed E-state index contributed by atoms with van der Waals surface area (Å²) in [5, 5.41) is 11.8. The third-order valence-corrected chi connectivity index (χ3v) is 5.82. The summed E-state index contributed by atoms with van der Waals surface area (Å²) in [6.07, 6.45) is 6.13. The fourth-order valence-electron chi connectivity index (χ4n) is 4.07. The molecular weight excluding hydrogens is 435 g/mol. The highest BCUT2D eigenvalue weighted by Gasteiger charge is 2.36. The first-order chi connectivity index (χ1) is 16.6. The summed E-state index contributed by atoms with van der Waals surface area (Å²) < 4.78 is 22.0. The van der Waals surface area contributed by atoms with Crippen LogP contribution in [0.25, 0.3) is 17.2 Å². The van der Waals surface area contributed by atoms with Crippen molar-refractivity contribution in [3.63, 3.8) is 0 Å². The normalized spacial score (nSPS) is 17.1. The molecule has 3 aromatic heterocycles. The molecule has 0 bridgehead atoms. The van der Waals surface area contributed by atoms with Gasteiger partial charge in [-0.25, -0.2) is 9.37 Å². The lowest BCUT2D eigenvalue weighted by atomic mass is 9.79. The van der Waals surface area contributed by atoms with Crippen molar-refractivity contribution in [2.75, 3.05) is 6.61 Å². The maximum atomic E-state index is 14.8. The first-order valence-corrected chi connectivity index (χ1v) is 11.1. The molecule has 0 spiro atoms. The minimum Gasteiger partial charge on any atom is -0.492 e. The number of benzene rings is 1. The van der Waals surface area contributed by atoms with Crippen molar-refractivity contribution in [2.24, 2.45) is 0 Å². The third kappa shape index (κ3) is 4.24. The van der Waals surface area contributed by atoms with Gasteiger partial charge in [-0.1, -0.05) is 12.1 Å². The van der Waals surface area contributed by atoms with Crippen LogP contribution in [0.4, 0.5) is 4.39 Å². The van der Waals surface area contributed by atoms with E-state index >= 15 is 0 Å². The zero-order valence-corrected chi connectivity index (χ0v) is 18.6. The molecular formula is C25H23FN6O2. The molecule has 34 heavy (non-hydrogen) atoms. The molecule has 1 amide bonds. The second-order valence-corrected chi connectivity index (χ2v) is 8.06. The molecule has 0 aliphatic heterocycles. The van der Waals surface area contributed by atoms with E-state index in [1.54, 1.807) is 59.4 Å². The molecule has 0 atom stereocenters. The number of hydrogen-bond acceptors (Lipinski definition) is 6. The maximum Gasteiger partial charge on any atom is 0.253 e. The molecule has 0 saturated heterocycles. The number of carbonyl (C=O) groups is 1. The molecule has 4 aromatic rings. The molecule has 1 aliphatic carbocycles. The van der Waals surface area contributed by atoms with Crippen molar-refractivity contribution >= 4 is 5.91 Å². The van der Waals surface area contributed by atoms with Crippen LogP contribution in [0.3, 0.4) is 0 Å². The van der Waals surface area contributed by atoms with E-state index in [-0.39, 0.29) is 23.7 Å². The Morgan fingerprint density at radius 2 is 1.97 bits per heavy atom. The quantitative estimate of drug-likeness (QED) is 0.451. The molecule has 1 aromatic carbocycles. The predicted octanol–water partition coefficient (Wildman–Crippen LogP) is 3.94. The molecule has 0 radical (unpaired) electrons. The Kier molecular flexibility index (Phi) is 5.99. The zero-order chi connectivity index (χ0) is 23.5. The van der Waals surface area contributed by atoms with E-state index in [0.717, 1.165) is 0 Å². The number of ether oxygens (including phenoxy) is 1. The van der Waals surface area contributed by atoms with Gasteiger partial charge in [0, 0.05) is 24.4 Å². The summed E-state index contributed by atoms with van der Waals surface area (Å²) >= 11 is 0. The van der Waals surface area contributed by atoms with Gasteiger partial charge >= 0.3 is 0 Å². The summed E-state index contributed by atoms with van der Waals surface area (Å²) in [4.78, 5) is 20.9. The molecule has 1 N–H and O–H groups in total. The van der Waals surface area contributed by atoms with E-state index in [1.165, 1.54) is 12.3 Å². The highest BCUT2D eigenvalue weighted by molar-refractivity contribution is 5.94. The van der Waals surface area contributed by atoms with E-state index in [0.29, 0.717) is 53.8 Å². The van der Waals surface area contributed by atoms with E-state index < -0.39 is 0 Å². The van der Waals surface area contributed by atoms with Crippen LogP contribution >= 0.6 is 0 Å². The molecule has 1 aliphatic rings. The molecule has 0 unspecified atom stereocenters. The first kappa shape index (κ1) is 21.7. The van der Waals surface area contributed by atoms with Gasteiger partial charge in [-0.2, -0.15) is 0 Å². The second-order valence-electron chi connectivity index (χ2n) is 8.06. The van der Waals surface area contributed by atoms with Crippen LogP contribution in [0.1, 0.15) is 41.9 Å². The Morgan fingerprint density at radius 3 is 2.68 bits per heavy atom. The Balaban J connectivity index is 1.41. The van der Waals surface area contributed by atoms with Crippen LogP contribution < -0.4 is 10.1 Å². The van der Waals surface area contributed by atoms with Gasteiger partial charge in [-0.05, 0) is 56.2 Å². The number of nitrogens with one attached hydrogen (secondary N) is 1. The third-order valence-electron chi connectivity index (χ3n) is 5.82. The molecule has 9 heteroatoms. The van der Waals surface area contributed by atoms with Crippen molar-refractivity contribution < 1.29 is 13.9 Å². The predicted molar refractivity (Wildman–Crippen MR) is 123 cm³/mol. The van der Waals surface area contributed by atoms with Crippen molar-refractivity contribution in [3.8, 4) is 23.0 Å². The number of rotatable bonds is 7. The number of hydrogen-bond donors (Lipinski definition) is 1.